The fourth-order valence-electron chi connectivity index (χ4n) is 2.59. The van der Waals surface area contributed by atoms with Gasteiger partial charge in [-0.05, 0) is 31.5 Å². The van der Waals surface area contributed by atoms with E-state index in [2.05, 4.69) is 4.98 Å². The van der Waals surface area contributed by atoms with Crippen LogP contribution >= 0.6 is 23.1 Å². The summed E-state index contributed by atoms with van der Waals surface area (Å²) in [4.78, 5) is 30.4. The van der Waals surface area contributed by atoms with E-state index in [1.54, 1.807) is 26.0 Å². The lowest BCUT2D eigenvalue weighted by Gasteiger charge is -2.21. The molecule has 1 aromatic carbocycles. The highest BCUT2D eigenvalue weighted by atomic mass is 32.2. The fourth-order valence-corrected chi connectivity index (χ4v) is 4.33. The number of hydrogen-bond acceptors (Lipinski definition) is 8. The SMILES string of the molecule is CCOC(=O)Cc1csc(SCC(=O)N(CC)Cc2ccc(OC)c(OC)c2)n1. The third-order valence-electron chi connectivity index (χ3n) is 4.04. The highest BCUT2D eigenvalue weighted by Gasteiger charge is 2.16. The molecule has 2 rings (SSSR count). The van der Waals surface area contributed by atoms with Crippen molar-refractivity contribution in [3.05, 3.63) is 34.8 Å². The summed E-state index contributed by atoms with van der Waals surface area (Å²) in [5.41, 5.74) is 1.63. The number of carbonyl (C=O) groups is 2. The van der Waals surface area contributed by atoms with E-state index in [0.717, 1.165) is 9.90 Å². The summed E-state index contributed by atoms with van der Waals surface area (Å²) in [6, 6.07) is 5.64. The van der Waals surface area contributed by atoms with Gasteiger partial charge in [-0.3, -0.25) is 9.59 Å². The molecule has 0 fully saturated rings. The van der Waals surface area contributed by atoms with Gasteiger partial charge >= 0.3 is 5.97 Å². The van der Waals surface area contributed by atoms with Crippen LogP contribution in [0.5, 0.6) is 11.5 Å². The topological polar surface area (TPSA) is 78.0 Å². The van der Waals surface area contributed by atoms with Gasteiger partial charge in [0, 0.05) is 18.5 Å². The minimum Gasteiger partial charge on any atom is -0.493 e. The Kier molecular flexibility index (Phi) is 9.27. The smallest absolute Gasteiger partial charge is 0.311 e. The predicted octanol–water partition coefficient (Wildman–Crippen LogP) is 3.41. The zero-order chi connectivity index (χ0) is 21.2. The van der Waals surface area contributed by atoms with Crippen molar-refractivity contribution >= 4 is 35.0 Å². The molecule has 0 bridgehead atoms. The molecule has 158 valence electrons. The van der Waals surface area contributed by atoms with Crippen molar-refractivity contribution in [2.24, 2.45) is 0 Å². The number of ether oxygens (including phenoxy) is 3. The number of esters is 1. The van der Waals surface area contributed by atoms with E-state index in [9.17, 15) is 9.59 Å². The molecule has 0 spiro atoms. The third kappa shape index (κ3) is 6.93. The van der Waals surface area contributed by atoms with E-state index in [0.29, 0.717) is 36.9 Å². The van der Waals surface area contributed by atoms with Crippen molar-refractivity contribution in [3.63, 3.8) is 0 Å². The van der Waals surface area contributed by atoms with Crippen LogP contribution in [0.25, 0.3) is 0 Å². The average molecular weight is 439 g/mol. The molecule has 0 aliphatic heterocycles. The summed E-state index contributed by atoms with van der Waals surface area (Å²) in [5, 5.41) is 1.82. The number of aromatic nitrogens is 1. The van der Waals surface area contributed by atoms with Crippen LogP contribution in [-0.4, -0.2) is 54.9 Å². The van der Waals surface area contributed by atoms with Gasteiger partial charge in [0.25, 0.3) is 0 Å². The van der Waals surface area contributed by atoms with Crippen molar-refractivity contribution in [1.82, 2.24) is 9.88 Å². The molecule has 29 heavy (non-hydrogen) atoms. The van der Waals surface area contributed by atoms with Gasteiger partial charge in [0.2, 0.25) is 5.91 Å². The van der Waals surface area contributed by atoms with E-state index < -0.39 is 0 Å². The molecule has 2 aromatic rings. The van der Waals surface area contributed by atoms with Gasteiger partial charge in [0.1, 0.15) is 0 Å². The van der Waals surface area contributed by atoms with Gasteiger partial charge < -0.3 is 19.1 Å². The standard InChI is InChI=1S/C20H26N2O5S2/c1-5-22(11-14-7-8-16(25-3)17(9-14)26-4)18(23)13-29-20-21-15(12-28-20)10-19(24)27-6-2/h7-9,12H,5-6,10-11,13H2,1-4H3. The van der Waals surface area contributed by atoms with Crippen molar-refractivity contribution in [1.29, 1.82) is 0 Å². The van der Waals surface area contributed by atoms with Crippen LogP contribution in [-0.2, 0) is 27.3 Å². The van der Waals surface area contributed by atoms with Gasteiger partial charge in [-0.2, -0.15) is 0 Å². The molecule has 0 unspecified atom stereocenters. The Hall–Kier alpha value is -2.26. The number of thiazole rings is 1. The zero-order valence-electron chi connectivity index (χ0n) is 17.1. The fraction of sp³-hybridized carbons (Fsp3) is 0.450. The molecule has 7 nitrogen and oxygen atoms in total. The maximum atomic E-state index is 12.7. The van der Waals surface area contributed by atoms with Crippen LogP contribution in [0.15, 0.2) is 27.9 Å². The number of methoxy groups -OCH3 is 2. The molecule has 0 radical (unpaired) electrons. The van der Waals surface area contributed by atoms with E-state index >= 15 is 0 Å². The van der Waals surface area contributed by atoms with Crippen LogP contribution in [0.3, 0.4) is 0 Å². The molecule has 0 atom stereocenters. The number of rotatable bonds is 11. The maximum absolute atomic E-state index is 12.7. The van der Waals surface area contributed by atoms with Crippen molar-refractivity contribution in [3.8, 4) is 11.5 Å². The molecule has 1 aromatic heterocycles. The summed E-state index contributed by atoms with van der Waals surface area (Å²) in [6.45, 7) is 5.16. The minimum atomic E-state index is -0.294. The molecule has 1 heterocycles. The van der Waals surface area contributed by atoms with Gasteiger partial charge in [-0.1, -0.05) is 17.8 Å². The first-order valence-corrected chi connectivity index (χ1v) is 11.1. The number of amides is 1. The molecular weight excluding hydrogens is 412 g/mol. The first-order chi connectivity index (χ1) is 14.0. The molecule has 1 amide bonds. The van der Waals surface area contributed by atoms with Crippen LogP contribution in [0, 0.1) is 0 Å². The molecule has 0 N–H and O–H groups in total. The van der Waals surface area contributed by atoms with Gasteiger partial charge in [-0.15, -0.1) is 11.3 Å². The number of thioether (sulfide) groups is 1. The maximum Gasteiger partial charge on any atom is 0.311 e. The van der Waals surface area contributed by atoms with E-state index in [1.165, 1.54) is 23.1 Å². The molecule has 0 saturated carbocycles. The summed E-state index contributed by atoms with van der Waals surface area (Å²) in [6.07, 6.45) is 0.152. The lowest BCUT2D eigenvalue weighted by atomic mass is 10.2. The summed E-state index contributed by atoms with van der Waals surface area (Å²) in [7, 11) is 3.18. The zero-order valence-corrected chi connectivity index (χ0v) is 18.7. The number of carbonyl (C=O) groups excluding carboxylic acids is 2. The van der Waals surface area contributed by atoms with Gasteiger partial charge in [0.05, 0.1) is 38.7 Å². The number of hydrogen-bond donors (Lipinski definition) is 0. The van der Waals surface area contributed by atoms with Crippen LogP contribution < -0.4 is 9.47 Å². The van der Waals surface area contributed by atoms with E-state index in [4.69, 9.17) is 14.2 Å². The van der Waals surface area contributed by atoms with Crippen LogP contribution in [0.2, 0.25) is 0 Å². The number of nitrogens with zero attached hydrogens (tertiary/aromatic N) is 2. The van der Waals surface area contributed by atoms with Crippen molar-refractivity contribution in [2.75, 3.05) is 33.1 Å². The molecule has 0 aliphatic rings. The lowest BCUT2D eigenvalue weighted by Crippen LogP contribution is -2.31. The second kappa shape index (κ2) is 11.7. The predicted molar refractivity (Wildman–Crippen MR) is 114 cm³/mol. The number of benzene rings is 1. The van der Waals surface area contributed by atoms with Crippen LogP contribution in [0.1, 0.15) is 25.1 Å². The monoisotopic (exact) mass is 438 g/mol. The molecule has 9 heteroatoms. The quantitative estimate of drug-likeness (QED) is 0.393. The average Bonchev–Trinajstić information content (AvgIpc) is 3.17. The van der Waals surface area contributed by atoms with Crippen molar-refractivity contribution in [2.45, 2.75) is 31.2 Å². The Morgan fingerprint density at radius 1 is 1.17 bits per heavy atom. The summed E-state index contributed by atoms with van der Waals surface area (Å²) in [5.74, 6) is 1.31. The largest absolute Gasteiger partial charge is 0.493 e. The summed E-state index contributed by atoms with van der Waals surface area (Å²) < 4.78 is 16.3. The van der Waals surface area contributed by atoms with Crippen LogP contribution in [0.4, 0.5) is 0 Å². The van der Waals surface area contributed by atoms with Crippen molar-refractivity contribution < 1.29 is 23.8 Å². The Balaban J connectivity index is 1.92. The van der Waals surface area contributed by atoms with Gasteiger partial charge in [0.15, 0.2) is 15.8 Å². The van der Waals surface area contributed by atoms with E-state index in [1.807, 2.05) is 30.5 Å². The molecule has 0 aliphatic carbocycles. The molecular formula is C20H26N2O5S2. The van der Waals surface area contributed by atoms with E-state index in [-0.39, 0.29) is 24.1 Å². The Labute approximate surface area is 179 Å². The van der Waals surface area contributed by atoms with Gasteiger partial charge in [-0.25, -0.2) is 4.98 Å². The highest BCUT2D eigenvalue weighted by molar-refractivity contribution is 8.01. The first kappa shape index (κ1) is 23.0. The minimum absolute atomic E-state index is 0.0226. The highest BCUT2D eigenvalue weighted by Crippen LogP contribution is 2.28. The normalized spacial score (nSPS) is 10.5. The second-order valence-electron chi connectivity index (χ2n) is 5.97. The second-order valence-corrected chi connectivity index (χ2v) is 8.05. The Morgan fingerprint density at radius 3 is 2.59 bits per heavy atom. The lowest BCUT2D eigenvalue weighted by molar-refractivity contribution is -0.142. The third-order valence-corrected chi connectivity index (χ3v) is 6.09. The Bertz CT molecular complexity index is 825. The first-order valence-electron chi connectivity index (χ1n) is 9.22. The Morgan fingerprint density at radius 2 is 1.93 bits per heavy atom. The molecule has 0 saturated heterocycles. The summed E-state index contributed by atoms with van der Waals surface area (Å²) >= 11 is 2.80.